The monoisotopic (exact) mass is 488 g/mol. The number of rotatable bonds is 6. The van der Waals surface area contributed by atoms with Crippen LogP contribution in [0.4, 0.5) is 5.69 Å². The number of hydrogen-bond acceptors (Lipinski definition) is 7. The zero-order chi connectivity index (χ0) is 24.5. The molecule has 0 saturated carbocycles. The van der Waals surface area contributed by atoms with Gasteiger partial charge in [-0.25, -0.2) is 14.8 Å². The molecule has 0 radical (unpaired) electrons. The van der Waals surface area contributed by atoms with Gasteiger partial charge in [-0.2, -0.15) is 0 Å². The number of anilines is 1. The molecule has 0 aliphatic carbocycles. The lowest BCUT2D eigenvalue weighted by Gasteiger charge is -2.22. The van der Waals surface area contributed by atoms with Crippen molar-refractivity contribution >= 4 is 40.7 Å². The molecule has 3 aromatic heterocycles. The van der Waals surface area contributed by atoms with Crippen LogP contribution in [-0.2, 0) is 4.74 Å². The third kappa shape index (κ3) is 5.68. The first-order valence-corrected chi connectivity index (χ1v) is 12.1. The molecule has 3 rings (SSSR count). The van der Waals surface area contributed by atoms with E-state index in [4.69, 9.17) is 21.3 Å². The largest absolute Gasteiger partial charge is 0.455 e. The second-order valence-electron chi connectivity index (χ2n) is 8.84. The lowest BCUT2D eigenvalue weighted by Crippen LogP contribution is -2.25. The van der Waals surface area contributed by atoms with Gasteiger partial charge >= 0.3 is 5.97 Å². The summed E-state index contributed by atoms with van der Waals surface area (Å²) < 4.78 is 7.10. The van der Waals surface area contributed by atoms with Crippen LogP contribution in [0.3, 0.4) is 0 Å². The maximum absolute atomic E-state index is 13.0. The van der Waals surface area contributed by atoms with Crippen molar-refractivity contribution < 1.29 is 9.53 Å². The Morgan fingerprint density at radius 3 is 2.61 bits per heavy atom. The zero-order valence-electron chi connectivity index (χ0n) is 19.9. The molecule has 0 aliphatic rings. The van der Waals surface area contributed by atoms with E-state index in [1.165, 1.54) is 0 Å². The first kappa shape index (κ1) is 25.1. The number of carbonyl (C=O) groups excluding carboxylic acids is 1. The summed E-state index contributed by atoms with van der Waals surface area (Å²) in [6.07, 6.45) is 1.80. The second-order valence-corrected chi connectivity index (χ2v) is 10.5. The average molecular weight is 489 g/mol. The molecule has 3 heterocycles. The van der Waals surface area contributed by atoms with E-state index >= 15 is 0 Å². The van der Waals surface area contributed by atoms with Crippen LogP contribution in [0.1, 0.15) is 67.8 Å². The Balaban J connectivity index is 2.09. The number of aryl methyl sites for hydroxylation is 1. The van der Waals surface area contributed by atoms with Crippen molar-refractivity contribution in [2.75, 3.05) is 11.1 Å². The first-order chi connectivity index (χ1) is 15.4. The quantitative estimate of drug-likeness (QED) is 0.209. The summed E-state index contributed by atoms with van der Waals surface area (Å²) in [6.45, 7) is 13.1. The molecule has 0 unspecified atom stereocenters. The highest BCUT2D eigenvalue weighted by atomic mass is 35.5. The Bertz CT molecular complexity index is 1270. The smallest absolute Gasteiger partial charge is 0.359 e. The van der Waals surface area contributed by atoms with E-state index in [9.17, 15) is 9.59 Å². The number of hydrogen-bond donors (Lipinski definition) is 1. The van der Waals surface area contributed by atoms with Crippen molar-refractivity contribution in [2.45, 2.75) is 65.1 Å². The van der Waals surface area contributed by atoms with Gasteiger partial charge in [0.25, 0.3) is 5.56 Å². The molecule has 176 valence electrons. The summed E-state index contributed by atoms with van der Waals surface area (Å²) in [5.74, 6) is 0.245. The molecule has 33 heavy (non-hydrogen) atoms. The van der Waals surface area contributed by atoms with E-state index < -0.39 is 11.6 Å². The van der Waals surface area contributed by atoms with Crippen molar-refractivity contribution in [1.29, 1.82) is 0 Å². The Labute approximate surface area is 202 Å². The third-order valence-electron chi connectivity index (χ3n) is 4.84. The number of nitrogens with one attached hydrogen (secondary N) is 1. The van der Waals surface area contributed by atoms with Crippen LogP contribution in [0.5, 0.6) is 0 Å². The summed E-state index contributed by atoms with van der Waals surface area (Å²) in [4.78, 5) is 34.8. The first-order valence-electron chi connectivity index (χ1n) is 10.7. The Morgan fingerprint density at radius 1 is 1.27 bits per heavy atom. The molecular weight excluding hydrogens is 460 g/mol. The van der Waals surface area contributed by atoms with E-state index in [0.717, 1.165) is 21.9 Å². The number of thioether (sulfide) groups is 1. The fourth-order valence-corrected chi connectivity index (χ4v) is 4.29. The highest BCUT2D eigenvalue weighted by Crippen LogP contribution is 2.28. The van der Waals surface area contributed by atoms with Gasteiger partial charge in [0, 0.05) is 17.3 Å². The van der Waals surface area contributed by atoms with Gasteiger partial charge in [-0.05, 0) is 71.1 Å². The number of esters is 1. The molecular formula is C24H29ClN4O3S. The van der Waals surface area contributed by atoms with Crippen LogP contribution in [0.25, 0.3) is 5.65 Å². The van der Waals surface area contributed by atoms with Gasteiger partial charge in [-0.3, -0.25) is 9.20 Å². The fourth-order valence-electron chi connectivity index (χ4n) is 3.42. The van der Waals surface area contributed by atoms with Crippen molar-refractivity contribution in [3.63, 3.8) is 0 Å². The summed E-state index contributed by atoms with van der Waals surface area (Å²) in [5, 5.41) is 4.26. The van der Waals surface area contributed by atoms with Gasteiger partial charge < -0.3 is 10.1 Å². The number of ether oxygens (including phenoxy) is 1. The normalized spacial score (nSPS) is 12.6. The van der Waals surface area contributed by atoms with Crippen LogP contribution in [0, 0.1) is 13.8 Å². The van der Waals surface area contributed by atoms with E-state index in [1.54, 1.807) is 62.2 Å². The minimum absolute atomic E-state index is 0.0873. The minimum Gasteiger partial charge on any atom is -0.455 e. The maximum atomic E-state index is 13.0. The van der Waals surface area contributed by atoms with Gasteiger partial charge in [-0.1, -0.05) is 18.5 Å². The molecule has 0 fully saturated rings. The van der Waals surface area contributed by atoms with E-state index in [2.05, 4.69) is 10.3 Å². The highest BCUT2D eigenvalue weighted by molar-refractivity contribution is 7.99. The van der Waals surface area contributed by atoms with Crippen molar-refractivity contribution in [1.82, 2.24) is 14.4 Å². The summed E-state index contributed by atoms with van der Waals surface area (Å²) in [7, 11) is 0. The number of aromatic nitrogens is 3. The molecule has 0 aliphatic heterocycles. The predicted molar refractivity (Wildman–Crippen MR) is 134 cm³/mol. The second kappa shape index (κ2) is 9.73. The van der Waals surface area contributed by atoms with Crippen molar-refractivity contribution in [2.24, 2.45) is 0 Å². The topological polar surface area (TPSA) is 85.6 Å². The Hall–Kier alpha value is -2.58. The predicted octanol–water partition coefficient (Wildman–Crippen LogP) is 5.60. The number of nitrogens with zero attached hydrogens (tertiary/aromatic N) is 3. The Morgan fingerprint density at radius 2 is 1.97 bits per heavy atom. The van der Waals surface area contributed by atoms with E-state index in [1.807, 2.05) is 26.8 Å². The standard InChI is InChI=1S/C24H29ClN4O3S/c1-8-33-21-14(3)22(30)29-12-13(2)11-16(20(29)28-21)15(4)26-17-9-10-18(25)27-19(17)23(31)32-24(5,6)7/h9-12,15,26H,8H2,1-7H3/t15-/m1/s1. The molecule has 7 nitrogen and oxygen atoms in total. The van der Waals surface area contributed by atoms with Gasteiger partial charge in [0.1, 0.15) is 21.4 Å². The summed E-state index contributed by atoms with van der Waals surface area (Å²) >= 11 is 7.61. The highest BCUT2D eigenvalue weighted by Gasteiger charge is 2.24. The Kier molecular flexibility index (Phi) is 7.39. The number of pyridine rings is 2. The summed E-state index contributed by atoms with van der Waals surface area (Å²) in [5.41, 5.74) is 2.78. The van der Waals surface area contributed by atoms with Crippen LogP contribution in [0.2, 0.25) is 5.15 Å². The van der Waals surface area contributed by atoms with Gasteiger partial charge in [-0.15, -0.1) is 11.8 Å². The van der Waals surface area contributed by atoms with E-state index in [0.29, 0.717) is 16.9 Å². The molecule has 9 heteroatoms. The summed E-state index contributed by atoms with van der Waals surface area (Å²) in [6, 6.07) is 5.01. The van der Waals surface area contributed by atoms with Crippen LogP contribution >= 0.6 is 23.4 Å². The number of halogens is 1. The molecule has 3 aromatic rings. The minimum atomic E-state index is -0.674. The molecule has 1 N–H and O–H groups in total. The third-order valence-corrected chi connectivity index (χ3v) is 6.01. The lowest BCUT2D eigenvalue weighted by atomic mass is 10.1. The van der Waals surface area contributed by atoms with Crippen molar-refractivity contribution in [3.8, 4) is 0 Å². The average Bonchev–Trinajstić information content (AvgIpc) is 2.72. The van der Waals surface area contributed by atoms with Crippen LogP contribution in [-0.4, -0.2) is 31.7 Å². The van der Waals surface area contributed by atoms with Crippen LogP contribution in [0.15, 0.2) is 34.2 Å². The zero-order valence-corrected chi connectivity index (χ0v) is 21.5. The fraction of sp³-hybridized carbons (Fsp3) is 0.417. The maximum Gasteiger partial charge on any atom is 0.359 e. The number of carbonyl (C=O) groups is 1. The van der Waals surface area contributed by atoms with Gasteiger partial charge in [0.2, 0.25) is 0 Å². The van der Waals surface area contributed by atoms with Crippen molar-refractivity contribution in [3.05, 3.63) is 62.3 Å². The number of fused-ring (bicyclic) bond motifs is 1. The molecule has 1 atom stereocenters. The molecule has 0 aromatic carbocycles. The van der Waals surface area contributed by atoms with Gasteiger partial charge in [0.05, 0.1) is 11.7 Å². The van der Waals surface area contributed by atoms with Gasteiger partial charge in [0.15, 0.2) is 5.69 Å². The molecule has 0 spiro atoms. The molecule has 0 bridgehead atoms. The molecule has 0 saturated heterocycles. The molecule has 0 amide bonds. The lowest BCUT2D eigenvalue weighted by molar-refractivity contribution is 0.00640. The van der Waals surface area contributed by atoms with Crippen LogP contribution < -0.4 is 10.9 Å². The SMILES string of the molecule is CCSc1nc2c([C@@H](C)Nc3ccc(Cl)nc3C(=O)OC(C)(C)C)cc(C)cn2c(=O)c1C. The van der Waals surface area contributed by atoms with E-state index in [-0.39, 0.29) is 22.4 Å².